The summed E-state index contributed by atoms with van der Waals surface area (Å²) in [6.45, 7) is 0.508. The summed E-state index contributed by atoms with van der Waals surface area (Å²) in [6.07, 6.45) is 0. The molecular weight excluding hydrogens is 304 g/mol. The highest BCUT2D eigenvalue weighted by Gasteiger charge is 2.11. The van der Waals surface area contributed by atoms with Gasteiger partial charge in [0, 0.05) is 16.0 Å². The second-order valence-corrected chi connectivity index (χ2v) is 5.63. The molecule has 23 heavy (non-hydrogen) atoms. The predicted octanol–water partition coefficient (Wildman–Crippen LogP) is 4.79. The van der Waals surface area contributed by atoms with E-state index in [1.54, 1.807) is 18.2 Å². The smallest absolute Gasteiger partial charge is 0.194 e. The van der Waals surface area contributed by atoms with E-state index in [0.717, 1.165) is 11.3 Å². The Labute approximate surface area is 141 Å². The zero-order valence-electron chi connectivity index (χ0n) is 12.5. The summed E-state index contributed by atoms with van der Waals surface area (Å²) < 4.78 is 5.73. The number of ketones is 1. The van der Waals surface area contributed by atoms with Gasteiger partial charge >= 0.3 is 0 Å². The molecule has 0 radical (unpaired) electrons. The highest BCUT2D eigenvalue weighted by molar-refractivity contribution is 7.80. The molecular formula is C20H16O2S. The Bertz CT molecular complexity index is 795. The molecule has 3 heteroatoms. The third-order valence-corrected chi connectivity index (χ3v) is 3.90. The standard InChI is InChI=1S/C20H16O2S/c21-20(18-8-4-5-9-19(18)23)16-10-12-17(13-11-16)22-14-15-6-2-1-3-7-15/h1-13,23H,14H2. The van der Waals surface area contributed by atoms with Crippen LogP contribution in [0, 0.1) is 0 Å². The third-order valence-electron chi connectivity index (χ3n) is 3.51. The van der Waals surface area contributed by atoms with Crippen LogP contribution in [0.3, 0.4) is 0 Å². The molecule has 2 nitrogen and oxygen atoms in total. The van der Waals surface area contributed by atoms with Crippen LogP contribution >= 0.6 is 12.6 Å². The molecule has 3 aromatic carbocycles. The molecule has 114 valence electrons. The van der Waals surface area contributed by atoms with Gasteiger partial charge in [0.1, 0.15) is 12.4 Å². The van der Waals surface area contributed by atoms with Crippen LogP contribution in [-0.2, 0) is 6.61 Å². The molecule has 0 aromatic heterocycles. The number of benzene rings is 3. The monoisotopic (exact) mass is 320 g/mol. The first kappa shape index (κ1) is 15.4. The van der Waals surface area contributed by atoms with Crippen LogP contribution in [0.5, 0.6) is 5.75 Å². The van der Waals surface area contributed by atoms with Crippen molar-refractivity contribution in [2.75, 3.05) is 0 Å². The minimum Gasteiger partial charge on any atom is -0.489 e. The average molecular weight is 320 g/mol. The summed E-state index contributed by atoms with van der Waals surface area (Å²) in [5.41, 5.74) is 2.34. The van der Waals surface area contributed by atoms with E-state index >= 15 is 0 Å². The molecule has 0 bridgehead atoms. The van der Waals surface area contributed by atoms with Gasteiger partial charge in [0.25, 0.3) is 0 Å². The third kappa shape index (κ3) is 3.82. The average Bonchev–Trinajstić information content (AvgIpc) is 2.61. The van der Waals surface area contributed by atoms with Crippen molar-refractivity contribution < 1.29 is 9.53 Å². The van der Waals surface area contributed by atoms with Crippen molar-refractivity contribution in [1.29, 1.82) is 0 Å². The number of hydrogen-bond donors (Lipinski definition) is 1. The molecule has 0 aliphatic rings. The van der Waals surface area contributed by atoms with Crippen molar-refractivity contribution in [1.82, 2.24) is 0 Å². The molecule has 0 heterocycles. The molecule has 0 spiro atoms. The van der Waals surface area contributed by atoms with Crippen molar-refractivity contribution in [3.05, 3.63) is 95.6 Å². The SMILES string of the molecule is O=C(c1ccc(OCc2ccccc2)cc1)c1ccccc1S. The van der Waals surface area contributed by atoms with E-state index in [1.165, 1.54) is 0 Å². The lowest BCUT2D eigenvalue weighted by atomic mass is 10.0. The van der Waals surface area contributed by atoms with Gasteiger partial charge in [0.15, 0.2) is 5.78 Å². The Kier molecular flexibility index (Phi) is 4.79. The lowest BCUT2D eigenvalue weighted by Crippen LogP contribution is -2.02. The number of ether oxygens (including phenoxy) is 1. The maximum absolute atomic E-state index is 12.5. The Morgan fingerprint density at radius 3 is 2.17 bits per heavy atom. The topological polar surface area (TPSA) is 26.3 Å². The first-order valence-electron chi connectivity index (χ1n) is 7.33. The number of carbonyl (C=O) groups excluding carboxylic acids is 1. The maximum Gasteiger partial charge on any atom is 0.194 e. The summed E-state index contributed by atoms with van der Waals surface area (Å²) >= 11 is 4.34. The minimum absolute atomic E-state index is 0.0368. The van der Waals surface area contributed by atoms with Crippen LogP contribution in [-0.4, -0.2) is 5.78 Å². The number of hydrogen-bond acceptors (Lipinski definition) is 3. The van der Waals surface area contributed by atoms with Gasteiger partial charge in [0.2, 0.25) is 0 Å². The van der Waals surface area contributed by atoms with E-state index in [4.69, 9.17) is 4.74 Å². The van der Waals surface area contributed by atoms with Gasteiger partial charge in [-0.3, -0.25) is 4.79 Å². The van der Waals surface area contributed by atoms with E-state index in [2.05, 4.69) is 12.6 Å². The lowest BCUT2D eigenvalue weighted by molar-refractivity contribution is 0.103. The first-order valence-corrected chi connectivity index (χ1v) is 7.78. The fourth-order valence-electron chi connectivity index (χ4n) is 2.26. The van der Waals surface area contributed by atoms with Crippen LogP contribution in [0.1, 0.15) is 21.5 Å². The highest BCUT2D eigenvalue weighted by Crippen LogP contribution is 2.20. The molecule has 0 amide bonds. The van der Waals surface area contributed by atoms with Crippen LogP contribution in [0.15, 0.2) is 83.8 Å². The molecule has 3 aromatic rings. The molecule has 0 N–H and O–H groups in total. The Hall–Kier alpha value is -2.52. The molecule has 0 aliphatic heterocycles. The van der Waals surface area contributed by atoms with Gasteiger partial charge < -0.3 is 4.74 Å². The zero-order chi connectivity index (χ0) is 16.1. The molecule has 0 unspecified atom stereocenters. The van der Waals surface area contributed by atoms with Crippen LogP contribution in [0.2, 0.25) is 0 Å². The molecule has 0 atom stereocenters. The molecule has 3 rings (SSSR count). The summed E-state index contributed by atoms with van der Waals surface area (Å²) in [5.74, 6) is 0.703. The van der Waals surface area contributed by atoms with Crippen molar-refractivity contribution in [3.8, 4) is 5.75 Å². The van der Waals surface area contributed by atoms with Crippen LogP contribution in [0.4, 0.5) is 0 Å². The van der Waals surface area contributed by atoms with E-state index in [1.807, 2.05) is 60.7 Å². The Morgan fingerprint density at radius 2 is 1.48 bits per heavy atom. The molecule has 0 saturated heterocycles. The molecule has 0 saturated carbocycles. The van der Waals surface area contributed by atoms with Gasteiger partial charge in [-0.15, -0.1) is 12.6 Å². The van der Waals surface area contributed by atoms with Crippen molar-refractivity contribution >= 4 is 18.4 Å². The minimum atomic E-state index is -0.0368. The fraction of sp³-hybridized carbons (Fsp3) is 0.0500. The van der Waals surface area contributed by atoms with Gasteiger partial charge in [-0.2, -0.15) is 0 Å². The summed E-state index contributed by atoms with van der Waals surface area (Å²) in [6, 6.07) is 24.5. The van der Waals surface area contributed by atoms with E-state index in [0.29, 0.717) is 22.6 Å². The Morgan fingerprint density at radius 1 is 0.826 bits per heavy atom. The summed E-state index contributed by atoms with van der Waals surface area (Å²) in [7, 11) is 0. The van der Waals surface area contributed by atoms with E-state index < -0.39 is 0 Å². The van der Waals surface area contributed by atoms with Gasteiger partial charge in [-0.05, 0) is 42.0 Å². The van der Waals surface area contributed by atoms with Gasteiger partial charge in [0.05, 0.1) is 0 Å². The largest absolute Gasteiger partial charge is 0.489 e. The van der Waals surface area contributed by atoms with Gasteiger partial charge in [-0.1, -0.05) is 42.5 Å². The van der Waals surface area contributed by atoms with Gasteiger partial charge in [-0.25, -0.2) is 0 Å². The summed E-state index contributed by atoms with van der Waals surface area (Å²) in [4.78, 5) is 13.2. The van der Waals surface area contributed by atoms with Crippen LogP contribution < -0.4 is 4.74 Å². The normalized spacial score (nSPS) is 10.3. The van der Waals surface area contributed by atoms with Crippen molar-refractivity contribution in [3.63, 3.8) is 0 Å². The second kappa shape index (κ2) is 7.16. The maximum atomic E-state index is 12.5. The van der Waals surface area contributed by atoms with Crippen LogP contribution in [0.25, 0.3) is 0 Å². The van der Waals surface area contributed by atoms with E-state index in [-0.39, 0.29) is 5.78 Å². The first-order chi connectivity index (χ1) is 11.2. The quantitative estimate of drug-likeness (QED) is 0.540. The predicted molar refractivity (Wildman–Crippen MR) is 94.3 cm³/mol. The Balaban J connectivity index is 1.70. The molecule has 0 aliphatic carbocycles. The number of carbonyl (C=O) groups is 1. The van der Waals surface area contributed by atoms with E-state index in [9.17, 15) is 4.79 Å². The molecule has 0 fully saturated rings. The highest BCUT2D eigenvalue weighted by atomic mass is 32.1. The van der Waals surface area contributed by atoms with Crippen molar-refractivity contribution in [2.45, 2.75) is 11.5 Å². The number of rotatable bonds is 5. The second-order valence-electron chi connectivity index (χ2n) is 5.14. The summed E-state index contributed by atoms with van der Waals surface area (Å²) in [5, 5.41) is 0. The lowest BCUT2D eigenvalue weighted by Gasteiger charge is -2.08. The fourth-order valence-corrected chi connectivity index (χ4v) is 2.53. The van der Waals surface area contributed by atoms with Crippen molar-refractivity contribution in [2.24, 2.45) is 0 Å². The zero-order valence-corrected chi connectivity index (χ0v) is 13.4. The number of thiol groups is 1.